The highest BCUT2D eigenvalue weighted by atomic mass is 16.5. The highest BCUT2D eigenvalue weighted by Crippen LogP contribution is 2.10. The van der Waals surface area contributed by atoms with Crippen LogP contribution in [0.3, 0.4) is 0 Å². The first kappa shape index (κ1) is 14.3. The number of piperazine rings is 1. The molecule has 2 rings (SSSR count). The van der Waals surface area contributed by atoms with E-state index in [1.54, 1.807) is 0 Å². The minimum atomic E-state index is 0.752. The van der Waals surface area contributed by atoms with Crippen LogP contribution in [0.5, 0.6) is 0 Å². The van der Waals surface area contributed by atoms with Crippen LogP contribution in [-0.4, -0.2) is 62.8 Å². The van der Waals surface area contributed by atoms with Gasteiger partial charge < -0.3 is 15.4 Å². The van der Waals surface area contributed by atoms with Crippen molar-refractivity contribution in [2.24, 2.45) is 0 Å². The van der Waals surface area contributed by atoms with E-state index < -0.39 is 0 Å². The summed E-state index contributed by atoms with van der Waals surface area (Å²) >= 11 is 0. The van der Waals surface area contributed by atoms with Crippen molar-refractivity contribution >= 4 is 5.69 Å². The number of rotatable bonds is 6. The van der Waals surface area contributed by atoms with Crippen LogP contribution in [0, 0.1) is 0 Å². The number of nitrogens with zero attached hydrogens (tertiary/aromatic N) is 2. The van der Waals surface area contributed by atoms with Crippen molar-refractivity contribution in [2.75, 3.05) is 58.7 Å². The molecular weight excluding hydrogens is 238 g/mol. The second-order valence-electron chi connectivity index (χ2n) is 5.21. The van der Waals surface area contributed by atoms with E-state index in [-0.39, 0.29) is 0 Å². The van der Waals surface area contributed by atoms with Crippen molar-refractivity contribution in [1.82, 2.24) is 9.80 Å². The van der Waals surface area contributed by atoms with Gasteiger partial charge in [-0.15, -0.1) is 0 Å². The average molecular weight is 263 g/mol. The summed E-state index contributed by atoms with van der Waals surface area (Å²) in [7, 11) is 2.18. The zero-order valence-electron chi connectivity index (χ0n) is 11.8. The molecule has 0 saturated carbocycles. The number of ether oxygens (including phenoxy) is 1. The molecule has 1 aliphatic heterocycles. The number of benzene rings is 1. The molecule has 4 nitrogen and oxygen atoms in total. The molecule has 0 bridgehead atoms. The first-order valence-electron chi connectivity index (χ1n) is 7.08. The minimum absolute atomic E-state index is 0.752. The van der Waals surface area contributed by atoms with E-state index in [4.69, 9.17) is 10.5 Å². The molecule has 0 spiro atoms. The zero-order chi connectivity index (χ0) is 13.5. The van der Waals surface area contributed by atoms with Gasteiger partial charge in [0.2, 0.25) is 0 Å². The lowest BCUT2D eigenvalue weighted by Crippen LogP contribution is -2.45. The van der Waals surface area contributed by atoms with Gasteiger partial charge in [0.05, 0.1) is 13.2 Å². The minimum Gasteiger partial charge on any atom is -0.399 e. The fourth-order valence-corrected chi connectivity index (χ4v) is 2.31. The number of nitrogen functional groups attached to an aromatic ring is 1. The van der Waals surface area contributed by atoms with Crippen molar-refractivity contribution in [1.29, 1.82) is 0 Å². The first-order valence-corrected chi connectivity index (χ1v) is 7.08. The highest BCUT2D eigenvalue weighted by molar-refractivity contribution is 5.46. The number of para-hydroxylation sites is 1. The van der Waals surface area contributed by atoms with E-state index in [0.29, 0.717) is 0 Å². The Morgan fingerprint density at radius 1 is 1.11 bits per heavy atom. The molecule has 106 valence electrons. The molecule has 0 aromatic heterocycles. The SMILES string of the molecule is CN1CCN(CCOCCc2ccccc2N)CC1. The Labute approximate surface area is 116 Å². The van der Waals surface area contributed by atoms with Gasteiger partial charge in [0.1, 0.15) is 0 Å². The van der Waals surface area contributed by atoms with Gasteiger partial charge in [-0.2, -0.15) is 0 Å². The smallest absolute Gasteiger partial charge is 0.0593 e. The third-order valence-electron chi connectivity index (χ3n) is 3.72. The van der Waals surface area contributed by atoms with E-state index in [1.165, 1.54) is 18.7 Å². The van der Waals surface area contributed by atoms with Crippen LogP contribution < -0.4 is 5.73 Å². The summed E-state index contributed by atoms with van der Waals surface area (Å²) in [5, 5.41) is 0. The molecule has 1 heterocycles. The van der Waals surface area contributed by atoms with Gasteiger partial charge in [0.25, 0.3) is 0 Å². The lowest BCUT2D eigenvalue weighted by Gasteiger charge is -2.32. The Morgan fingerprint density at radius 3 is 2.58 bits per heavy atom. The van der Waals surface area contributed by atoms with Crippen molar-refractivity contribution in [3.05, 3.63) is 29.8 Å². The van der Waals surface area contributed by atoms with Gasteiger partial charge >= 0.3 is 0 Å². The fraction of sp³-hybridized carbons (Fsp3) is 0.600. The summed E-state index contributed by atoms with van der Waals surface area (Å²) in [4.78, 5) is 4.84. The van der Waals surface area contributed by atoms with Gasteiger partial charge in [-0.1, -0.05) is 18.2 Å². The van der Waals surface area contributed by atoms with E-state index in [1.807, 2.05) is 18.2 Å². The maximum Gasteiger partial charge on any atom is 0.0593 e. The molecule has 0 atom stereocenters. The average Bonchev–Trinajstić information content (AvgIpc) is 2.42. The summed E-state index contributed by atoms with van der Waals surface area (Å²) < 4.78 is 5.71. The molecule has 0 aliphatic carbocycles. The monoisotopic (exact) mass is 263 g/mol. The molecule has 2 N–H and O–H groups in total. The molecule has 0 radical (unpaired) electrons. The normalized spacial score (nSPS) is 17.7. The van der Waals surface area contributed by atoms with Crippen molar-refractivity contribution in [3.8, 4) is 0 Å². The van der Waals surface area contributed by atoms with Crippen molar-refractivity contribution < 1.29 is 4.74 Å². The number of likely N-dealkylation sites (N-methyl/N-ethyl adjacent to an activating group) is 1. The summed E-state index contributed by atoms with van der Waals surface area (Å²) in [6, 6.07) is 8.00. The molecule has 1 aromatic carbocycles. The Balaban J connectivity index is 1.56. The molecule has 0 amide bonds. The van der Waals surface area contributed by atoms with Crippen molar-refractivity contribution in [2.45, 2.75) is 6.42 Å². The van der Waals surface area contributed by atoms with Crippen LogP contribution in [0.25, 0.3) is 0 Å². The molecule has 1 aliphatic rings. The summed E-state index contributed by atoms with van der Waals surface area (Å²) in [5.74, 6) is 0. The van der Waals surface area contributed by atoms with Gasteiger partial charge in [-0.3, -0.25) is 4.90 Å². The fourth-order valence-electron chi connectivity index (χ4n) is 2.31. The largest absolute Gasteiger partial charge is 0.399 e. The molecular formula is C15H25N3O. The topological polar surface area (TPSA) is 41.7 Å². The van der Waals surface area contributed by atoms with Gasteiger partial charge in [-0.25, -0.2) is 0 Å². The number of nitrogens with two attached hydrogens (primary N) is 1. The third kappa shape index (κ3) is 4.82. The first-order chi connectivity index (χ1) is 9.25. The van der Waals surface area contributed by atoms with Gasteiger partial charge in [0, 0.05) is 38.4 Å². The Bertz CT molecular complexity index is 375. The number of hydrogen-bond acceptors (Lipinski definition) is 4. The van der Waals surface area contributed by atoms with E-state index in [0.717, 1.165) is 45.0 Å². The quantitative estimate of drug-likeness (QED) is 0.616. The molecule has 1 saturated heterocycles. The van der Waals surface area contributed by atoms with E-state index in [9.17, 15) is 0 Å². The Kier molecular flexibility index (Phi) is 5.63. The van der Waals surface area contributed by atoms with Gasteiger partial charge in [-0.05, 0) is 25.1 Å². The lowest BCUT2D eigenvalue weighted by molar-refractivity contribution is 0.0834. The van der Waals surface area contributed by atoms with Crippen molar-refractivity contribution in [3.63, 3.8) is 0 Å². The molecule has 1 aromatic rings. The van der Waals surface area contributed by atoms with Crippen LogP contribution in [-0.2, 0) is 11.2 Å². The second kappa shape index (κ2) is 7.48. The Morgan fingerprint density at radius 2 is 1.84 bits per heavy atom. The van der Waals surface area contributed by atoms with Gasteiger partial charge in [0.15, 0.2) is 0 Å². The second-order valence-corrected chi connectivity index (χ2v) is 5.21. The maximum absolute atomic E-state index is 5.90. The van der Waals surface area contributed by atoms with E-state index >= 15 is 0 Å². The number of anilines is 1. The lowest BCUT2D eigenvalue weighted by atomic mass is 10.1. The van der Waals surface area contributed by atoms with Crippen LogP contribution in [0.4, 0.5) is 5.69 Å². The third-order valence-corrected chi connectivity index (χ3v) is 3.72. The number of hydrogen-bond donors (Lipinski definition) is 1. The summed E-state index contributed by atoms with van der Waals surface area (Å²) in [6.45, 7) is 7.26. The Hall–Kier alpha value is -1.10. The highest BCUT2D eigenvalue weighted by Gasteiger charge is 2.12. The maximum atomic E-state index is 5.90. The van der Waals surface area contributed by atoms with Crippen LogP contribution in [0.1, 0.15) is 5.56 Å². The summed E-state index contributed by atoms with van der Waals surface area (Å²) in [5.41, 5.74) is 7.95. The van der Waals surface area contributed by atoms with Crippen LogP contribution >= 0.6 is 0 Å². The predicted octanol–water partition coefficient (Wildman–Crippen LogP) is 1.08. The summed E-state index contributed by atoms with van der Waals surface area (Å²) in [6.07, 6.45) is 0.898. The molecule has 1 fully saturated rings. The molecule has 19 heavy (non-hydrogen) atoms. The standard InChI is InChI=1S/C15H25N3O/c1-17-7-9-18(10-8-17)11-13-19-12-6-14-4-2-3-5-15(14)16/h2-5H,6-13,16H2,1H3. The predicted molar refractivity (Wildman–Crippen MR) is 79.3 cm³/mol. The van der Waals surface area contributed by atoms with Crippen LogP contribution in [0.2, 0.25) is 0 Å². The zero-order valence-corrected chi connectivity index (χ0v) is 11.8. The van der Waals surface area contributed by atoms with Crippen LogP contribution in [0.15, 0.2) is 24.3 Å². The van der Waals surface area contributed by atoms with E-state index in [2.05, 4.69) is 22.9 Å². The molecule has 0 unspecified atom stereocenters. The molecule has 4 heteroatoms.